The standard InChI is InChI=1S/C22H25N3O7S/c1-14-3-8-18(33(29,30)25-9-11-31-12-10-25)13-19(14)22(28)32-15(2)21(27)24-17-6-4-16(5-7-17)20(23)26/h3-8,13,15H,9-12H2,1-2H3,(H2,23,26)(H,24,27). The molecule has 1 aliphatic rings. The molecule has 1 unspecified atom stereocenters. The van der Waals surface area contributed by atoms with E-state index in [2.05, 4.69) is 5.32 Å². The summed E-state index contributed by atoms with van der Waals surface area (Å²) in [5, 5.41) is 2.58. The Morgan fingerprint density at radius 1 is 1.09 bits per heavy atom. The maximum Gasteiger partial charge on any atom is 0.339 e. The number of nitrogens with two attached hydrogens (primary N) is 1. The lowest BCUT2D eigenvalue weighted by Crippen LogP contribution is -2.40. The van der Waals surface area contributed by atoms with E-state index in [0.717, 1.165) is 0 Å². The van der Waals surface area contributed by atoms with Crippen LogP contribution in [0.4, 0.5) is 5.69 Å². The van der Waals surface area contributed by atoms with Crippen LogP contribution in [0.15, 0.2) is 47.4 Å². The van der Waals surface area contributed by atoms with Crippen molar-refractivity contribution in [1.82, 2.24) is 4.31 Å². The van der Waals surface area contributed by atoms with E-state index in [1.807, 2.05) is 0 Å². The van der Waals surface area contributed by atoms with Gasteiger partial charge in [-0.3, -0.25) is 9.59 Å². The van der Waals surface area contributed by atoms with Crippen molar-refractivity contribution in [1.29, 1.82) is 0 Å². The number of ether oxygens (including phenoxy) is 2. The molecule has 1 fully saturated rings. The van der Waals surface area contributed by atoms with Crippen molar-refractivity contribution in [3.8, 4) is 0 Å². The van der Waals surface area contributed by atoms with Crippen LogP contribution < -0.4 is 11.1 Å². The van der Waals surface area contributed by atoms with Gasteiger partial charge in [0.25, 0.3) is 5.91 Å². The minimum absolute atomic E-state index is 0.0337. The second-order valence-electron chi connectivity index (χ2n) is 7.47. The van der Waals surface area contributed by atoms with Gasteiger partial charge in [-0.1, -0.05) is 6.07 Å². The molecule has 176 valence electrons. The molecular formula is C22H25N3O7S. The minimum Gasteiger partial charge on any atom is -0.449 e. The van der Waals surface area contributed by atoms with E-state index in [-0.39, 0.29) is 29.1 Å². The molecule has 3 N–H and O–H groups in total. The van der Waals surface area contributed by atoms with Gasteiger partial charge in [0.15, 0.2) is 6.10 Å². The predicted molar refractivity (Wildman–Crippen MR) is 119 cm³/mol. The van der Waals surface area contributed by atoms with Crippen LogP contribution in [0.1, 0.15) is 33.2 Å². The molecule has 0 radical (unpaired) electrons. The Bertz CT molecular complexity index is 1160. The number of primary amides is 1. The number of morpholine rings is 1. The van der Waals surface area contributed by atoms with Crippen molar-refractivity contribution in [2.45, 2.75) is 24.8 Å². The fourth-order valence-corrected chi connectivity index (χ4v) is 4.59. The molecule has 1 aliphatic heterocycles. The molecule has 2 aromatic carbocycles. The van der Waals surface area contributed by atoms with E-state index < -0.39 is 33.9 Å². The molecule has 11 heteroatoms. The summed E-state index contributed by atoms with van der Waals surface area (Å²) >= 11 is 0. The van der Waals surface area contributed by atoms with Crippen molar-refractivity contribution in [3.63, 3.8) is 0 Å². The summed E-state index contributed by atoms with van der Waals surface area (Å²) in [4.78, 5) is 36.2. The summed E-state index contributed by atoms with van der Waals surface area (Å²) in [5.41, 5.74) is 6.42. The molecule has 0 aliphatic carbocycles. The number of carbonyl (C=O) groups is 3. The Labute approximate surface area is 191 Å². The summed E-state index contributed by atoms with van der Waals surface area (Å²) in [6.07, 6.45) is -1.16. The number of aryl methyl sites for hydroxylation is 1. The quantitative estimate of drug-likeness (QED) is 0.574. The minimum atomic E-state index is -3.80. The topological polar surface area (TPSA) is 145 Å². The Morgan fingerprint density at radius 3 is 2.33 bits per heavy atom. The van der Waals surface area contributed by atoms with E-state index in [0.29, 0.717) is 24.5 Å². The Balaban J connectivity index is 1.70. The first-order valence-electron chi connectivity index (χ1n) is 10.2. The van der Waals surface area contributed by atoms with Crippen LogP contribution in [0.2, 0.25) is 0 Å². The second kappa shape index (κ2) is 10.1. The lowest BCUT2D eigenvalue weighted by Gasteiger charge is -2.26. The van der Waals surface area contributed by atoms with Gasteiger partial charge in [-0.2, -0.15) is 4.31 Å². The van der Waals surface area contributed by atoms with Crippen molar-refractivity contribution < 1.29 is 32.3 Å². The van der Waals surface area contributed by atoms with Crippen molar-refractivity contribution in [2.75, 3.05) is 31.6 Å². The predicted octanol–water partition coefficient (Wildman–Crippen LogP) is 1.30. The van der Waals surface area contributed by atoms with Crippen LogP contribution in [-0.2, 0) is 24.3 Å². The zero-order valence-corrected chi connectivity index (χ0v) is 19.1. The van der Waals surface area contributed by atoms with E-state index in [1.54, 1.807) is 6.92 Å². The van der Waals surface area contributed by atoms with Crippen molar-refractivity contribution in [3.05, 3.63) is 59.2 Å². The monoisotopic (exact) mass is 475 g/mol. The van der Waals surface area contributed by atoms with Gasteiger partial charge < -0.3 is 20.5 Å². The number of rotatable bonds is 7. The number of sulfonamides is 1. The van der Waals surface area contributed by atoms with Crippen LogP contribution in [0.25, 0.3) is 0 Å². The number of benzene rings is 2. The van der Waals surface area contributed by atoms with E-state index >= 15 is 0 Å². The lowest BCUT2D eigenvalue weighted by molar-refractivity contribution is -0.123. The van der Waals surface area contributed by atoms with Gasteiger partial charge in [-0.05, 0) is 55.8 Å². The fraction of sp³-hybridized carbons (Fsp3) is 0.318. The van der Waals surface area contributed by atoms with E-state index in [4.69, 9.17) is 15.2 Å². The van der Waals surface area contributed by atoms with Gasteiger partial charge in [0.2, 0.25) is 15.9 Å². The van der Waals surface area contributed by atoms with Gasteiger partial charge in [-0.25, -0.2) is 13.2 Å². The molecule has 0 spiro atoms. The van der Waals surface area contributed by atoms with Crippen LogP contribution in [-0.4, -0.2) is 62.9 Å². The SMILES string of the molecule is Cc1ccc(S(=O)(=O)N2CCOCC2)cc1C(=O)OC(C)C(=O)Nc1ccc(C(N)=O)cc1. The smallest absolute Gasteiger partial charge is 0.339 e. The van der Waals surface area contributed by atoms with Gasteiger partial charge in [-0.15, -0.1) is 0 Å². The average Bonchev–Trinajstić information content (AvgIpc) is 2.80. The number of carbonyl (C=O) groups excluding carboxylic acids is 3. The van der Waals surface area contributed by atoms with Gasteiger partial charge in [0.1, 0.15) is 0 Å². The molecule has 1 atom stereocenters. The molecule has 10 nitrogen and oxygen atoms in total. The third kappa shape index (κ3) is 5.75. The van der Waals surface area contributed by atoms with Gasteiger partial charge in [0, 0.05) is 24.3 Å². The number of nitrogens with one attached hydrogen (secondary N) is 1. The number of hydrogen-bond acceptors (Lipinski definition) is 7. The number of amides is 2. The molecular weight excluding hydrogens is 450 g/mol. The number of hydrogen-bond donors (Lipinski definition) is 2. The van der Waals surface area contributed by atoms with Crippen LogP contribution in [0.3, 0.4) is 0 Å². The van der Waals surface area contributed by atoms with Crippen LogP contribution in [0, 0.1) is 6.92 Å². The highest BCUT2D eigenvalue weighted by Crippen LogP contribution is 2.22. The Morgan fingerprint density at radius 2 is 1.73 bits per heavy atom. The zero-order chi connectivity index (χ0) is 24.2. The number of anilines is 1. The molecule has 33 heavy (non-hydrogen) atoms. The molecule has 3 rings (SSSR count). The molecule has 0 bridgehead atoms. The molecule has 2 amide bonds. The normalized spacial score (nSPS) is 15.5. The Hall–Kier alpha value is -3.28. The highest BCUT2D eigenvalue weighted by molar-refractivity contribution is 7.89. The summed E-state index contributed by atoms with van der Waals surface area (Å²) in [6, 6.07) is 10.1. The zero-order valence-electron chi connectivity index (χ0n) is 18.2. The highest BCUT2D eigenvalue weighted by atomic mass is 32.2. The third-order valence-electron chi connectivity index (χ3n) is 5.13. The largest absolute Gasteiger partial charge is 0.449 e. The van der Waals surface area contributed by atoms with Crippen molar-refractivity contribution in [2.24, 2.45) is 5.73 Å². The first-order chi connectivity index (χ1) is 15.6. The summed E-state index contributed by atoms with van der Waals surface area (Å²) < 4.78 is 37.6. The van der Waals surface area contributed by atoms with Gasteiger partial charge in [0.05, 0.1) is 23.7 Å². The average molecular weight is 476 g/mol. The first-order valence-corrected chi connectivity index (χ1v) is 11.6. The molecule has 0 aromatic heterocycles. The van der Waals surface area contributed by atoms with Crippen molar-refractivity contribution >= 4 is 33.5 Å². The van der Waals surface area contributed by atoms with Crippen LogP contribution in [0.5, 0.6) is 0 Å². The maximum atomic E-state index is 12.9. The van der Waals surface area contributed by atoms with Gasteiger partial charge >= 0.3 is 5.97 Å². The second-order valence-corrected chi connectivity index (χ2v) is 9.41. The maximum absolute atomic E-state index is 12.9. The summed E-state index contributed by atoms with van der Waals surface area (Å²) in [5.74, 6) is -2.01. The molecule has 2 aromatic rings. The lowest BCUT2D eigenvalue weighted by atomic mass is 10.1. The Kier molecular flexibility index (Phi) is 7.46. The molecule has 1 heterocycles. The summed E-state index contributed by atoms with van der Waals surface area (Å²) in [6.45, 7) is 4.11. The molecule has 1 saturated heterocycles. The molecule has 0 saturated carbocycles. The highest BCUT2D eigenvalue weighted by Gasteiger charge is 2.28. The van der Waals surface area contributed by atoms with Crippen LogP contribution >= 0.6 is 0 Å². The van der Waals surface area contributed by atoms with E-state index in [9.17, 15) is 22.8 Å². The number of nitrogens with zero attached hydrogens (tertiary/aromatic N) is 1. The summed E-state index contributed by atoms with van der Waals surface area (Å²) in [7, 11) is -3.80. The fourth-order valence-electron chi connectivity index (χ4n) is 3.16. The first kappa shape index (κ1) is 24.4. The number of esters is 1. The van der Waals surface area contributed by atoms with E-state index in [1.165, 1.54) is 53.7 Å². The third-order valence-corrected chi connectivity index (χ3v) is 7.02.